The second-order valence-electron chi connectivity index (χ2n) is 6.13. The maximum atomic E-state index is 12.7. The van der Waals surface area contributed by atoms with Gasteiger partial charge in [-0.25, -0.2) is 5.06 Å². The van der Waals surface area contributed by atoms with E-state index in [9.17, 15) is 9.90 Å². The first-order valence-electron chi connectivity index (χ1n) is 7.14. The van der Waals surface area contributed by atoms with E-state index in [4.69, 9.17) is 11.3 Å². The second-order valence-corrected chi connectivity index (χ2v) is 6.13. The zero-order valence-corrected chi connectivity index (χ0v) is 13.7. The number of aliphatic hydroxyl groups excluding tert-OH is 1. The summed E-state index contributed by atoms with van der Waals surface area (Å²) in [5, 5.41) is 11.8. The van der Waals surface area contributed by atoms with Gasteiger partial charge in [-0.2, -0.15) is 0 Å². The largest absolute Gasteiger partial charge is 0.509 e. The lowest BCUT2D eigenvalue weighted by molar-refractivity contribution is -0.196. The smallest absolute Gasteiger partial charge is 0.282 e. The van der Waals surface area contributed by atoms with E-state index in [1.807, 2.05) is 32.9 Å². The summed E-state index contributed by atoms with van der Waals surface area (Å²) in [5.74, 6) is 1.97. The van der Waals surface area contributed by atoms with Gasteiger partial charge in [0.25, 0.3) is 5.91 Å². The summed E-state index contributed by atoms with van der Waals surface area (Å²) < 4.78 is 0. The summed E-state index contributed by atoms with van der Waals surface area (Å²) >= 11 is 0. The quantitative estimate of drug-likeness (QED) is 0.873. The fraction of sp³-hybridized carbons (Fsp3) is 0.389. The first-order valence-corrected chi connectivity index (χ1v) is 7.14. The molecule has 1 aromatic carbocycles. The molecule has 1 aromatic rings. The van der Waals surface area contributed by atoms with Crippen molar-refractivity contribution in [3.8, 4) is 12.3 Å². The maximum absolute atomic E-state index is 12.7. The molecule has 0 spiro atoms. The average Bonchev–Trinajstić information content (AvgIpc) is 2.56. The number of nitrogens with zero attached hydrogens (tertiary/aromatic N) is 1. The van der Waals surface area contributed by atoms with Crippen LogP contribution in [0.5, 0.6) is 0 Å². The maximum Gasteiger partial charge on any atom is 0.282 e. The van der Waals surface area contributed by atoms with Gasteiger partial charge in [-0.15, -0.1) is 6.42 Å². The number of benzene rings is 1. The molecule has 0 aromatic heterocycles. The molecule has 4 heteroatoms. The second kappa shape index (κ2) is 5.51. The number of hydrogen-bond donors (Lipinski definition) is 1. The highest BCUT2D eigenvalue weighted by atomic mass is 16.7. The molecule has 0 radical (unpaired) electrons. The van der Waals surface area contributed by atoms with Gasteiger partial charge >= 0.3 is 0 Å². The van der Waals surface area contributed by atoms with Gasteiger partial charge in [0.05, 0.1) is 5.57 Å². The summed E-state index contributed by atoms with van der Waals surface area (Å²) in [5.41, 5.74) is 3.10. The minimum Gasteiger partial charge on any atom is -0.509 e. The highest BCUT2D eigenvalue weighted by molar-refractivity contribution is 6.23. The van der Waals surface area contributed by atoms with Crippen molar-refractivity contribution >= 4 is 11.5 Å². The molecule has 0 unspecified atom stereocenters. The molecule has 1 amide bonds. The van der Waals surface area contributed by atoms with Gasteiger partial charge in [0.2, 0.25) is 0 Å². The minimum absolute atomic E-state index is 0.00424. The van der Waals surface area contributed by atoms with E-state index in [1.54, 1.807) is 13.8 Å². The van der Waals surface area contributed by atoms with Crippen molar-refractivity contribution < 1.29 is 14.7 Å². The molecule has 1 aliphatic rings. The van der Waals surface area contributed by atoms with Gasteiger partial charge in [-0.1, -0.05) is 23.6 Å². The van der Waals surface area contributed by atoms with E-state index < -0.39 is 5.54 Å². The zero-order valence-electron chi connectivity index (χ0n) is 13.7. The van der Waals surface area contributed by atoms with Gasteiger partial charge < -0.3 is 5.11 Å². The van der Waals surface area contributed by atoms with E-state index in [-0.39, 0.29) is 23.8 Å². The number of rotatable bonds is 3. The summed E-state index contributed by atoms with van der Waals surface area (Å²) in [6.45, 7) is 9.29. The van der Waals surface area contributed by atoms with Crippen LogP contribution >= 0.6 is 0 Å². The summed E-state index contributed by atoms with van der Waals surface area (Å²) in [7, 11) is 0. The average molecular weight is 299 g/mol. The van der Waals surface area contributed by atoms with Crippen LogP contribution in [0.2, 0.25) is 0 Å². The Labute approximate surface area is 131 Å². The van der Waals surface area contributed by atoms with E-state index in [0.29, 0.717) is 0 Å². The molecule has 1 aliphatic heterocycles. The van der Waals surface area contributed by atoms with Crippen molar-refractivity contribution in [3.05, 3.63) is 40.1 Å². The Balaban J connectivity index is 2.59. The number of amides is 1. The molecular formula is C18H21NO3. The van der Waals surface area contributed by atoms with Crippen molar-refractivity contribution in [3.63, 3.8) is 0 Å². The van der Waals surface area contributed by atoms with Crippen molar-refractivity contribution in [2.45, 2.75) is 40.2 Å². The number of carbonyl (C=O) groups excluding carboxylic acids is 1. The summed E-state index contributed by atoms with van der Waals surface area (Å²) in [6.07, 6.45) is 5.20. The SMILES string of the molecule is C#CCON1C(=O)C(c2c(C)cc(C)cc2C)=C(O)C1(C)C. The predicted molar refractivity (Wildman–Crippen MR) is 85.9 cm³/mol. The van der Waals surface area contributed by atoms with Crippen molar-refractivity contribution in [2.24, 2.45) is 0 Å². The van der Waals surface area contributed by atoms with Gasteiger partial charge in [-0.3, -0.25) is 9.63 Å². The standard InChI is InChI=1S/C18H21NO3/c1-7-8-22-19-17(21)15(16(20)18(19,5)6)14-12(3)9-11(2)10-13(14)4/h1,9-10,20H,8H2,2-6H3. The summed E-state index contributed by atoms with van der Waals surface area (Å²) in [4.78, 5) is 18.1. The van der Waals surface area contributed by atoms with Crippen molar-refractivity contribution in [1.82, 2.24) is 5.06 Å². The molecule has 0 fully saturated rings. The number of carbonyl (C=O) groups is 1. The molecule has 4 nitrogen and oxygen atoms in total. The Morgan fingerprint density at radius 1 is 1.27 bits per heavy atom. The molecule has 0 bridgehead atoms. The van der Waals surface area contributed by atoms with Crippen LogP contribution in [0.15, 0.2) is 17.9 Å². The molecule has 0 atom stereocenters. The van der Waals surface area contributed by atoms with E-state index >= 15 is 0 Å². The highest BCUT2D eigenvalue weighted by Gasteiger charge is 2.48. The lowest BCUT2D eigenvalue weighted by Gasteiger charge is -2.29. The number of aryl methyl sites for hydroxylation is 3. The molecule has 0 saturated carbocycles. The topological polar surface area (TPSA) is 49.8 Å². The fourth-order valence-electron chi connectivity index (χ4n) is 2.98. The number of terminal acetylenes is 1. The van der Waals surface area contributed by atoms with Gasteiger partial charge in [-0.05, 0) is 51.3 Å². The lowest BCUT2D eigenvalue weighted by atomic mass is 9.91. The number of hydrogen-bond acceptors (Lipinski definition) is 3. The molecule has 1 heterocycles. The van der Waals surface area contributed by atoms with E-state index in [1.165, 1.54) is 0 Å². The molecule has 22 heavy (non-hydrogen) atoms. The van der Waals surface area contributed by atoms with Gasteiger partial charge in [0.1, 0.15) is 17.9 Å². The first-order chi connectivity index (χ1) is 10.2. The van der Waals surface area contributed by atoms with Crippen molar-refractivity contribution in [2.75, 3.05) is 6.61 Å². The number of hydroxylamine groups is 2. The zero-order chi connectivity index (χ0) is 16.7. The normalized spacial score (nSPS) is 17.1. The third kappa shape index (κ3) is 2.38. The predicted octanol–water partition coefficient (Wildman–Crippen LogP) is 3.07. The van der Waals surface area contributed by atoms with Crippen LogP contribution in [0.25, 0.3) is 5.57 Å². The third-order valence-corrected chi connectivity index (χ3v) is 3.93. The monoisotopic (exact) mass is 299 g/mol. The Bertz CT molecular complexity index is 685. The molecule has 116 valence electrons. The minimum atomic E-state index is -0.951. The van der Waals surface area contributed by atoms with Crippen LogP contribution < -0.4 is 0 Å². The Morgan fingerprint density at radius 3 is 2.32 bits per heavy atom. The Morgan fingerprint density at radius 2 is 1.82 bits per heavy atom. The van der Waals surface area contributed by atoms with Crippen LogP contribution in [0, 0.1) is 33.1 Å². The molecule has 2 rings (SSSR count). The Hall–Kier alpha value is -2.25. The van der Waals surface area contributed by atoms with Gasteiger partial charge in [0, 0.05) is 0 Å². The van der Waals surface area contributed by atoms with E-state index in [2.05, 4.69) is 5.92 Å². The Kier molecular flexibility index (Phi) is 4.04. The van der Waals surface area contributed by atoms with Crippen molar-refractivity contribution in [1.29, 1.82) is 0 Å². The van der Waals surface area contributed by atoms with Crippen LogP contribution in [0.1, 0.15) is 36.1 Å². The molecular weight excluding hydrogens is 278 g/mol. The van der Waals surface area contributed by atoms with Crippen LogP contribution in [0.3, 0.4) is 0 Å². The third-order valence-electron chi connectivity index (χ3n) is 3.93. The van der Waals surface area contributed by atoms with E-state index in [0.717, 1.165) is 27.3 Å². The van der Waals surface area contributed by atoms with Crippen LogP contribution in [0.4, 0.5) is 0 Å². The molecule has 1 N–H and O–H groups in total. The fourth-order valence-corrected chi connectivity index (χ4v) is 2.98. The lowest BCUT2D eigenvalue weighted by Crippen LogP contribution is -2.43. The summed E-state index contributed by atoms with van der Waals surface area (Å²) in [6, 6.07) is 3.99. The van der Waals surface area contributed by atoms with Crippen LogP contribution in [-0.2, 0) is 9.63 Å². The molecule has 0 saturated heterocycles. The van der Waals surface area contributed by atoms with Gasteiger partial charge in [0.15, 0.2) is 0 Å². The highest BCUT2D eigenvalue weighted by Crippen LogP contribution is 2.40. The first kappa shape index (κ1) is 16.1. The van der Waals surface area contributed by atoms with Crippen LogP contribution in [-0.4, -0.2) is 28.2 Å². The number of aliphatic hydroxyl groups is 1. The molecule has 0 aliphatic carbocycles.